The highest BCUT2D eigenvalue weighted by Gasteiger charge is 2.23. The summed E-state index contributed by atoms with van der Waals surface area (Å²) in [7, 11) is 1.78. The van der Waals surface area contributed by atoms with Crippen LogP contribution in [0.25, 0.3) is 0 Å². The first kappa shape index (κ1) is 24.2. The molecule has 0 bridgehead atoms. The van der Waals surface area contributed by atoms with Gasteiger partial charge in [0.25, 0.3) is 5.91 Å². The van der Waals surface area contributed by atoms with Gasteiger partial charge in [0.05, 0.1) is 13.2 Å². The zero-order chi connectivity index (χ0) is 21.9. The van der Waals surface area contributed by atoms with Gasteiger partial charge in [0.15, 0.2) is 5.96 Å². The van der Waals surface area contributed by atoms with Crippen LogP contribution in [0.1, 0.15) is 50.0 Å². The predicted octanol–water partition coefficient (Wildman–Crippen LogP) is 2.24. The number of nitrogens with one attached hydrogen (secondary N) is 3. The molecule has 7 nitrogen and oxygen atoms in total. The third-order valence-electron chi connectivity index (χ3n) is 5.63. The van der Waals surface area contributed by atoms with E-state index < -0.39 is 0 Å². The van der Waals surface area contributed by atoms with Gasteiger partial charge in [-0.2, -0.15) is 0 Å². The third-order valence-corrected chi connectivity index (χ3v) is 5.63. The van der Waals surface area contributed by atoms with E-state index in [1.54, 1.807) is 7.05 Å². The molecule has 0 radical (unpaired) electrons. The number of aliphatic imine (C=N–C) groups is 1. The van der Waals surface area contributed by atoms with Crippen molar-refractivity contribution in [3.63, 3.8) is 0 Å². The van der Waals surface area contributed by atoms with Gasteiger partial charge in [-0.25, -0.2) is 0 Å². The van der Waals surface area contributed by atoms with Gasteiger partial charge in [0.1, 0.15) is 0 Å². The van der Waals surface area contributed by atoms with Gasteiger partial charge in [-0.1, -0.05) is 32.9 Å². The van der Waals surface area contributed by atoms with Crippen LogP contribution < -0.4 is 16.0 Å². The van der Waals surface area contributed by atoms with E-state index in [0.717, 1.165) is 50.8 Å². The molecular weight excluding hydrogens is 378 g/mol. The number of carbonyl (C=O) groups is 1. The van der Waals surface area contributed by atoms with Crippen LogP contribution in [0, 0.1) is 5.92 Å². The second kappa shape index (κ2) is 12.5. The summed E-state index contributed by atoms with van der Waals surface area (Å²) in [5.74, 6) is 1.27. The number of amides is 1. The lowest BCUT2D eigenvalue weighted by atomic mass is 10.0. The van der Waals surface area contributed by atoms with Crippen molar-refractivity contribution in [2.45, 2.75) is 52.7 Å². The quantitative estimate of drug-likeness (QED) is 0.424. The first-order chi connectivity index (χ1) is 14.4. The smallest absolute Gasteiger partial charge is 0.251 e. The van der Waals surface area contributed by atoms with E-state index in [-0.39, 0.29) is 11.9 Å². The van der Waals surface area contributed by atoms with Crippen LogP contribution in [0.3, 0.4) is 0 Å². The number of rotatable bonds is 9. The summed E-state index contributed by atoms with van der Waals surface area (Å²) in [6.07, 6.45) is 0.913. The maximum atomic E-state index is 12.4. The Labute approximate surface area is 181 Å². The SMILES string of the molecule is CCC(C)NC(=O)c1cccc(CNC(=NC)NCC(C(C)C)N2CCOCC2)c1. The maximum Gasteiger partial charge on any atom is 0.251 e. The minimum absolute atomic E-state index is 0.0287. The Morgan fingerprint density at radius 2 is 1.93 bits per heavy atom. The molecule has 0 spiro atoms. The maximum absolute atomic E-state index is 12.4. The molecule has 1 fully saturated rings. The fourth-order valence-electron chi connectivity index (χ4n) is 3.53. The van der Waals surface area contributed by atoms with Crippen molar-refractivity contribution in [3.8, 4) is 0 Å². The molecule has 168 valence electrons. The summed E-state index contributed by atoms with van der Waals surface area (Å²) < 4.78 is 5.49. The number of guanidine groups is 1. The average Bonchev–Trinajstić information content (AvgIpc) is 2.76. The van der Waals surface area contributed by atoms with E-state index in [1.165, 1.54) is 0 Å². The normalized spacial score (nSPS) is 17.5. The minimum atomic E-state index is -0.0287. The molecule has 1 aromatic rings. The number of carbonyl (C=O) groups excluding carboxylic acids is 1. The summed E-state index contributed by atoms with van der Waals surface area (Å²) in [5, 5.41) is 9.85. The van der Waals surface area contributed by atoms with Crippen LogP contribution in [0.5, 0.6) is 0 Å². The highest BCUT2D eigenvalue weighted by Crippen LogP contribution is 2.12. The van der Waals surface area contributed by atoms with E-state index >= 15 is 0 Å². The van der Waals surface area contributed by atoms with Gasteiger partial charge < -0.3 is 20.7 Å². The van der Waals surface area contributed by atoms with Gasteiger partial charge in [0.2, 0.25) is 0 Å². The Morgan fingerprint density at radius 3 is 2.57 bits per heavy atom. The van der Waals surface area contributed by atoms with Gasteiger partial charge in [-0.05, 0) is 37.0 Å². The van der Waals surface area contributed by atoms with Crippen LogP contribution in [0.2, 0.25) is 0 Å². The number of hydrogen-bond acceptors (Lipinski definition) is 4. The number of hydrogen-bond donors (Lipinski definition) is 3. The Morgan fingerprint density at radius 1 is 1.20 bits per heavy atom. The fraction of sp³-hybridized carbons (Fsp3) is 0.652. The van der Waals surface area contributed by atoms with Crippen molar-refractivity contribution in [3.05, 3.63) is 35.4 Å². The lowest BCUT2D eigenvalue weighted by Gasteiger charge is -2.37. The molecule has 2 rings (SSSR count). The van der Waals surface area contributed by atoms with E-state index in [4.69, 9.17) is 4.74 Å². The number of morpholine rings is 1. The second-order valence-corrected chi connectivity index (χ2v) is 8.25. The van der Waals surface area contributed by atoms with E-state index in [1.807, 2.05) is 31.2 Å². The standard InChI is InChI=1S/C23H39N5O2/c1-6-18(4)27-22(29)20-9-7-8-19(14-20)15-25-23(24-5)26-16-21(17(2)3)28-10-12-30-13-11-28/h7-9,14,17-18,21H,6,10-13,15-16H2,1-5H3,(H,27,29)(H2,24,25,26). The lowest BCUT2D eigenvalue weighted by molar-refractivity contribution is 0.00752. The zero-order valence-corrected chi connectivity index (χ0v) is 19.2. The minimum Gasteiger partial charge on any atom is -0.379 e. The van der Waals surface area contributed by atoms with Crippen molar-refractivity contribution >= 4 is 11.9 Å². The summed E-state index contributed by atoms with van der Waals surface area (Å²) in [6.45, 7) is 13.6. The van der Waals surface area contributed by atoms with Crippen LogP contribution >= 0.6 is 0 Å². The fourth-order valence-corrected chi connectivity index (χ4v) is 3.53. The van der Waals surface area contributed by atoms with Crippen molar-refractivity contribution in [1.82, 2.24) is 20.9 Å². The lowest BCUT2D eigenvalue weighted by Crippen LogP contribution is -2.52. The number of ether oxygens (including phenoxy) is 1. The molecule has 7 heteroatoms. The predicted molar refractivity (Wildman–Crippen MR) is 123 cm³/mol. The van der Waals surface area contributed by atoms with Gasteiger partial charge in [0, 0.05) is 50.9 Å². The van der Waals surface area contributed by atoms with Crippen molar-refractivity contribution in [2.75, 3.05) is 39.9 Å². The van der Waals surface area contributed by atoms with Crippen molar-refractivity contribution < 1.29 is 9.53 Å². The zero-order valence-electron chi connectivity index (χ0n) is 19.2. The topological polar surface area (TPSA) is 78.0 Å². The van der Waals surface area contributed by atoms with Gasteiger partial charge in [-0.3, -0.25) is 14.7 Å². The van der Waals surface area contributed by atoms with Crippen LogP contribution in [0.15, 0.2) is 29.3 Å². The second-order valence-electron chi connectivity index (χ2n) is 8.25. The molecule has 1 aliphatic rings. The molecule has 0 aliphatic carbocycles. The first-order valence-corrected chi connectivity index (χ1v) is 11.1. The van der Waals surface area contributed by atoms with Crippen molar-refractivity contribution in [2.24, 2.45) is 10.9 Å². The van der Waals surface area contributed by atoms with Crippen LogP contribution in [0.4, 0.5) is 0 Å². The first-order valence-electron chi connectivity index (χ1n) is 11.1. The molecule has 0 saturated carbocycles. The molecule has 2 atom stereocenters. The summed E-state index contributed by atoms with van der Waals surface area (Å²) in [5.41, 5.74) is 1.73. The highest BCUT2D eigenvalue weighted by atomic mass is 16.5. The van der Waals surface area contributed by atoms with Crippen LogP contribution in [-0.2, 0) is 11.3 Å². The summed E-state index contributed by atoms with van der Waals surface area (Å²) in [6, 6.07) is 8.33. The third kappa shape index (κ3) is 7.61. The molecule has 0 aromatic heterocycles. The molecule has 3 N–H and O–H groups in total. The molecule has 1 heterocycles. The van der Waals surface area contributed by atoms with E-state index in [2.05, 4.69) is 46.6 Å². The molecule has 1 aromatic carbocycles. The largest absolute Gasteiger partial charge is 0.379 e. The molecule has 2 unspecified atom stereocenters. The number of benzene rings is 1. The average molecular weight is 418 g/mol. The van der Waals surface area contributed by atoms with Crippen LogP contribution in [-0.4, -0.2) is 68.7 Å². The summed E-state index contributed by atoms with van der Waals surface area (Å²) >= 11 is 0. The van der Waals surface area contributed by atoms with Gasteiger partial charge in [-0.15, -0.1) is 0 Å². The summed E-state index contributed by atoms with van der Waals surface area (Å²) in [4.78, 5) is 19.2. The molecule has 1 amide bonds. The van der Waals surface area contributed by atoms with Crippen molar-refractivity contribution in [1.29, 1.82) is 0 Å². The molecular formula is C23H39N5O2. The molecule has 30 heavy (non-hydrogen) atoms. The monoisotopic (exact) mass is 417 g/mol. The van der Waals surface area contributed by atoms with Gasteiger partial charge >= 0.3 is 0 Å². The molecule has 1 saturated heterocycles. The Hall–Kier alpha value is -2.12. The Bertz CT molecular complexity index is 686. The Kier molecular flexibility index (Phi) is 10.1. The Balaban J connectivity index is 1.89. The van der Waals surface area contributed by atoms with E-state index in [9.17, 15) is 4.79 Å². The van der Waals surface area contributed by atoms with E-state index in [0.29, 0.717) is 24.1 Å². The number of nitrogens with zero attached hydrogens (tertiary/aromatic N) is 2. The highest BCUT2D eigenvalue weighted by molar-refractivity contribution is 5.94. The molecule has 1 aliphatic heterocycles.